The smallest absolute Gasteiger partial charge is 0.254 e. The Morgan fingerprint density at radius 2 is 1.55 bits per heavy atom. The average molecular weight is 182 g/mol. The maximum Gasteiger partial charge on any atom is 0.460 e. The third-order valence-electron chi connectivity index (χ3n) is 0.709. The zero-order valence-electron chi connectivity index (χ0n) is 4.58. The van der Waals surface area contributed by atoms with E-state index < -0.39 is 18.1 Å². The Kier molecular flexibility index (Phi) is 2.49. The fraction of sp³-hybridized carbons (Fsp3) is 0.667. The Balaban J connectivity index is 4.67. The van der Waals surface area contributed by atoms with E-state index in [0.29, 0.717) is 0 Å². The molecule has 0 aromatic heterocycles. The number of halogens is 6. The third kappa shape index (κ3) is 1.62. The summed E-state index contributed by atoms with van der Waals surface area (Å²) in [6.07, 6.45) is -5.77. The molecule has 0 aromatic rings. The maximum absolute atomic E-state index is 11.5. The average Bonchev–Trinajstić information content (AvgIpc) is 1.87. The van der Waals surface area contributed by atoms with E-state index in [1.54, 1.807) is 0 Å². The van der Waals surface area contributed by atoms with Gasteiger partial charge in [0.2, 0.25) is 0 Å². The van der Waals surface area contributed by atoms with Gasteiger partial charge in [0.05, 0.1) is 0 Å². The molecule has 0 spiro atoms. The van der Waals surface area contributed by atoms with Gasteiger partial charge < -0.3 is 0 Å². The highest BCUT2D eigenvalue weighted by molar-refractivity contribution is 5.77. The highest BCUT2D eigenvalue weighted by Gasteiger charge is 2.65. The third-order valence-corrected chi connectivity index (χ3v) is 0.709. The van der Waals surface area contributed by atoms with Crippen LogP contribution in [0.1, 0.15) is 0 Å². The molecule has 11 heavy (non-hydrogen) atoms. The standard InChI is InChI=1S/C3F6O2/c4-1(10)2(5,6)3(7,8)11-9. The van der Waals surface area contributed by atoms with Gasteiger partial charge in [-0.15, -0.1) is 4.94 Å². The first-order valence-electron chi connectivity index (χ1n) is 2.01. The molecule has 0 unspecified atom stereocenters. The van der Waals surface area contributed by atoms with Gasteiger partial charge in [0.25, 0.3) is 0 Å². The zero-order valence-corrected chi connectivity index (χ0v) is 4.58. The highest BCUT2D eigenvalue weighted by Crippen LogP contribution is 2.36. The first-order valence-corrected chi connectivity index (χ1v) is 2.01. The van der Waals surface area contributed by atoms with E-state index in [1.807, 2.05) is 0 Å². The Morgan fingerprint density at radius 1 is 1.18 bits per heavy atom. The molecule has 66 valence electrons. The number of carbonyl (C=O) groups is 1. The van der Waals surface area contributed by atoms with Gasteiger partial charge in [-0.1, -0.05) is 0 Å². The van der Waals surface area contributed by atoms with Crippen LogP contribution in [0.15, 0.2) is 0 Å². The Bertz CT molecular complexity index is 165. The number of alkyl halides is 4. The van der Waals surface area contributed by atoms with Crippen molar-refractivity contribution in [2.24, 2.45) is 0 Å². The van der Waals surface area contributed by atoms with Crippen LogP contribution >= 0.6 is 0 Å². The number of hydrogen-bond acceptors (Lipinski definition) is 2. The molecule has 0 bridgehead atoms. The van der Waals surface area contributed by atoms with Gasteiger partial charge >= 0.3 is 18.1 Å². The topological polar surface area (TPSA) is 26.3 Å². The molecule has 0 aromatic carbocycles. The lowest BCUT2D eigenvalue weighted by Crippen LogP contribution is -2.46. The van der Waals surface area contributed by atoms with E-state index in [0.717, 1.165) is 0 Å². The van der Waals surface area contributed by atoms with E-state index in [2.05, 4.69) is 0 Å². The zero-order chi connectivity index (χ0) is 9.28. The van der Waals surface area contributed by atoms with Crippen molar-refractivity contribution < 1.29 is 36.2 Å². The molecule has 0 heterocycles. The van der Waals surface area contributed by atoms with Crippen molar-refractivity contribution in [3.05, 3.63) is 0 Å². The molecule has 0 saturated carbocycles. The van der Waals surface area contributed by atoms with Crippen molar-refractivity contribution in [1.29, 1.82) is 0 Å². The summed E-state index contributed by atoms with van der Waals surface area (Å²) in [6.45, 7) is 0. The minimum absolute atomic E-state index is 1.42. The normalized spacial score (nSPS) is 13.3. The summed E-state index contributed by atoms with van der Waals surface area (Å²) < 4.78 is 67.3. The van der Waals surface area contributed by atoms with Gasteiger partial charge in [-0.05, 0) is 4.53 Å². The van der Waals surface area contributed by atoms with Crippen molar-refractivity contribution >= 4 is 6.04 Å². The van der Waals surface area contributed by atoms with Gasteiger partial charge in [0.1, 0.15) is 0 Å². The van der Waals surface area contributed by atoms with Crippen LogP contribution in [0.5, 0.6) is 0 Å². The van der Waals surface area contributed by atoms with Crippen LogP contribution < -0.4 is 0 Å². The first-order chi connectivity index (χ1) is 4.75. The van der Waals surface area contributed by atoms with E-state index in [1.165, 1.54) is 4.94 Å². The minimum atomic E-state index is -5.79. The molecule has 8 heteroatoms. The predicted octanol–water partition coefficient (Wildman–Crippen LogP) is 1.61. The molecule has 2 nitrogen and oxygen atoms in total. The van der Waals surface area contributed by atoms with Gasteiger partial charge in [-0.3, -0.25) is 4.79 Å². The molecule has 0 aliphatic heterocycles. The van der Waals surface area contributed by atoms with Crippen LogP contribution in [0.3, 0.4) is 0 Å². The van der Waals surface area contributed by atoms with E-state index >= 15 is 0 Å². The second-order valence-electron chi connectivity index (χ2n) is 1.44. The summed E-state index contributed by atoms with van der Waals surface area (Å²) in [5.41, 5.74) is 0. The first kappa shape index (κ1) is 10.2. The van der Waals surface area contributed by atoms with Crippen LogP contribution in [-0.4, -0.2) is 18.1 Å². The monoisotopic (exact) mass is 182 g/mol. The van der Waals surface area contributed by atoms with Crippen molar-refractivity contribution in [1.82, 2.24) is 0 Å². The van der Waals surface area contributed by atoms with E-state index in [9.17, 15) is 26.5 Å². The Morgan fingerprint density at radius 3 is 1.64 bits per heavy atom. The van der Waals surface area contributed by atoms with Crippen LogP contribution in [0.4, 0.5) is 26.5 Å². The lowest BCUT2D eigenvalue weighted by atomic mass is 10.3. The van der Waals surface area contributed by atoms with Crippen molar-refractivity contribution in [3.63, 3.8) is 0 Å². The largest absolute Gasteiger partial charge is 0.460 e. The highest BCUT2D eigenvalue weighted by atomic mass is 19.4. The van der Waals surface area contributed by atoms with Gasteiger partial charge in [-0.2, -0.15) is 22.0 Å². The SMILES string of the molecule is O=C(F)C(F)(F)C(F)(F)OF. The van der Waals surface area contributed by atoms with Crippen molar-refractivity contribution in [3.8, 4) is 0 Å². The summed E-state index contributed by atoms with van der Waals surface area (Å²) in [5.74, 6) is -5.79. The number of rotatable bonds is 3. The molecule has 0 saturated heterocycles. The van der Waals surface area contributed by atoms with Crippen LogP contribution in [-0.2, 0) is 9.74 Å². The van der Waals surface area contributed by atoms with Gasteiger partial charge in [-0.25, -0.2) is 0 Å². The summed E-state index contributed by atoms with van der Waals surface area (Å²) in [5, 5.41) is 0. The fourth-order valence-corrected chi connectivity index (χ4v) is 0.163. The second-order valence-corrected chi connectivity index (χ2v) is 1.44. The second kappa shape index (κ2) is 2.68. The van der Waals surface area contributed by atoms with Gasteiger partial charge in [0.15, 0.2) is 0 Å². The molecule has 0 amide bonds. The number of carbonyl (C=O) groups excluding carboxylic acids is 1. The van der Waals surface area contributed by atoms with Crippen LogP contribution in [0.25, 0.3) is 0 Å². The van der Waals surface area contributed by atoms with Gasteiger partial charge in [0, 0.05) is 0 Å². The Labute approximate surface area is 55.6 Å². The maximum atomic E-state index is 11.5. The van der Waals surface area contributed by atoms with Crippen LogP contribution in [0.2, 0.25) is 0 Å². The van der Waals surface area contributed by atoms with Crippen molar-refractivity contribution in [2.75, 3.05) is 0 Å². The quantitative estimate of drug-likeness (QED) is 0.489. The van der Waals surface area contributed by atoms with E-state index in [-0.39, 0.29) is 0 Å². The summed E-state index contributed by atoms with van der Waals surface area (Å²) in [4.78, 5) is 10.5. The van der Waals surface area contributed by atoms with E-state index in [4.69, 9.17) is 4.79 Å². The van der Waals surface area contributed by atoms with Crippen molar-refractivity contribution in [2.45, 2.75) is 12.0 Å². The Hall–Kier alpha value is -0.790. The molecular formula is C3F6O2. The van der Waals surface area contributed by atoms with Crippen LogP contribution in [0, 0.1) is 0 Å². The minimum Gasteiger partial charge on any atom is -0.254 e. The summed E-state index contributed by atoms with van der Waals surface area (Å²) in [6, 6.07) is -3.67. The molecule has 0 rings (SSSR count). The lowest BCUT2D eigenvalue weighted by Gasteiger charge is -2.16. The molecule has 0 aliphatic rings. The number of hydrogen-bond donors (Lipinski definition) is 0. The molecule has 0 N–H and O–H groups in total. The summed E-state index contributed by atoms with van der Waals surface area (Å²) in [7, 11) is 0. The predicted molar refractivity (Wildman–Crippen MR) is 18.2 cm³/mol. The fourth-order valence-electron chi connectivity index (χ4n) is 0.163. The molecule has 0 aliphatic carbocycles. The molecule has 0 fully saturated rings. The molecular weight excluding hydrogens is 182 g/mol. The molecule has 0 radical (unpaired) electrons. The summed E-state index contributed by atoms with van der Waals surface area (Å²) >= 11 is 0. The molecule has 0 atom stereocenters. The lowest BCUT2D eigenvalue weighted by molar-refractivity contribution is -0.413.